The molecule has 0 saturated carbocycles. The van der Waals surface area contributed by atoms with Crippen molar-refractivity contribution in [1.29, 1.82) is 0 Å². The Kier molecular flexibility index (Phi) is 14.3. The lowest BCUT2D eigenvalue weighted by Gasteiger charge is -2.07. The van der Waals surface area contributed by atoms with Gasteiger partial charge in [-0.1, -0.05) is 6.92 Å². The summed E-state index contributed by atoms with van der Waals surface area (Å²) in [6.07, 6.45) is 0. The van der Waals surface area contributed by atoms with Crippen LogP contribution in [0.1, 0.15) is 13.8 Å². The third-order valence-corrected chi connectivity index (χ3v) is 1.63. The van der Waals surface area contributed by atoms with Gasteiger partial charge in [-0.2, -0.15) is 0 Å². The Morgan fingerprint density at radius 2 is 1.71 bits per heavy atom. The molecule has 0 rings (SSSR count). The summed E-state index contributed by atoms with van der Waals surface area (Å²) in [6.45, 7) is 6.87. The van der Waals surface area contributed by atoms with E-state index in [1.165, 1.54) is 0 Å². The van der Waals surface area contributed by atoms with Gasteiger partial charge < -0.3 is 22.5 Å². The van der Waals surface area contributed by atoms with Crippen LogP contribution in [0.2, 0.25) is 0 Å². The van der Waals surface area contributed by atoms with Crippen molar-refractivity contribution < 1.29 is 4.79 Å². The lowest BCUT2D eigenvalue weighted by molar-refractivity contribution is -0.120. The molecule has 0 aromatic carbocycles. The molecule has 5 heteroatoms. The van der Waals surface area contributed by atoms with Crippen LogP contribution in [0.15, 0.2) is 0 Å². The highest BCUT2D eigenvalue weighted by molar-refractivity contribution is 5.78. The number of carbonyl (C=O) groups excluding carboxylic acids is 1. The molecule has 86 valence electrons. The van der Waals surface area contributed by atoms with Gasteiger partial charge in [0, 0.05) is 38.6 Å². The van der Waals surface area contributed by atoms with E-state index in [9.17, 15) is 4.79 Å². The van der Waals surface area contributed by atoms with E-state index < -0.39 is 0 Å². The third kappa shape index (κ3) is 14.1. The minimum Gasteiger partial charge on any atom is -0.329 e. The predicted molar refractivity (Wildman–Crippen MR) is 59.9 cm³/mol. The second-order valence-corrected chi connectivity index (χ2v) is 3.08. The van der Waals surface area contributed by atoms with Gasteiger partial charge in [-0.05, 0) is 6.92 Å². The molecule has 0 aromatic heterocycles. The molecule has 0 saturated heterocycles. The Hall–Kier alpha value is -0.490. The van der Waals surface area contributed by atoms with Crippen LogP contribution in [0.3, 0.4) is 0 Å². The van der Waals surface area contributed by atoms with E-state index in [1.807, 2.05) is 6.92 Å². The van der Waals surface area contributed by atoms with Crippen LogP contribution >= 0.6 is 0 Å². The molecule has 5 nitrogen and oxygen atoms in total. The van der Waals surface area contributed by atoms with E-state index in [-0.39, 0.29) is 11.7 Å². The molecule has 0 bridgehead atoms. The van der Waals surface area contributed by atoms with Gasteiger partial charge >= 0.3 is 0 Å². The van der Waals surface area contributed by atoms with Crippen molar-refractivity contribution >= 4 is 5.78 Å². The lowest BCUT2D eigenvalue weighted by atomic mass is 10.1. The molecule has 0 heterocycles. The van der Waals surface area contributed by atoms with E-state index >= 15 is 0 Å². The van der Waals surface area contributed by atoms with Gasteiger partial charge in [0.2, 0.25) is 0 Å². The second-order valence-electron chi connectivity index (χ2n) is 3.08. The van der Waals surface area contributed by atoms with E-state index in [1.54, 1.807) is 6.92 Å². The average Bonchev–Trinajstić information content (AvgIpc) is 2.18. The highest BCUT2D eigenvalue weighted by Gasteiger charge is 2.04. The number of Topliss-reactive ketones (excluding diaryl/α,β-unsaturated/α-hetero) is 1. The third-order valence-electron chi connectivity index (χ3n) is 1.63. The Labute approximate surface area is 86.4 Å². The summed E-state index contributed by atoms with van der Waals surface area (Å²) in [5, 5.41) is 3.07. The van der Waals surface area contributed by atoms with Crippen LogP contribution in [0.25, 0.3) is 0 Å². The highest BCUT2D eigenvalue weighted by Crippen LogP contribution is 1.92. The molecule has 0 spiro atoms. The normalized spacial score (nSPS) is 11.5. The quantitative estimate of drug-likeness (QED) is 0.401. The smallest absolute Gasteiger partial charge is 0.133 e. The molecule has 1 atom stereocenters. The maximum atomic E-state index is 10.7. The standard InChI is InChI=1S/C7H16N2O.C2H8N2/c1-6(7(2)10)5-9-4-3-8;3-1-2-4/h6,9H,3-5,8H2,1-2H3;1-4H2. The van der Waals surface area contributed by atoms with Crippen molar-refractivity contribution in [2.45, 2.75) is 13.8 Å². The summed E-state index contributed by atoms with van der Waals surface area (Å²) in [5.74, 6) is 0.344. The summed E-state index contributed by atoms with van der Waals surface area (Å²) in [5.41, 5.74) is 15.0. The molecule has 7 N–H and O–H groups in total. The van der Waals surface area contributed by atoms with Gasteiger partial charge in [-0.3, -0.25) is 4.79 Å². The number of hydrogen-bond donors (Lipinski definition) is 4. The van der Waals surface area contributed by atoms with Crippen LogP contribution < -0.4 is 22.5 Å². The van der Waals surface area contributed by atoms with Gasteiger partial charge in [-0.15, -0.1) is 0 Å². The summed E-state index contributed by atoms with van der Waals surface area (Å²) in [6, 6.07) is 0. The van der Waals surface area contributed by atoms with Crippen molar-refractivity contribution in [1.82, 2.24) is 5.32 Å². The summed E-state index contributed by atoms with van der Waals surface area (Å²) in [4.78, 5) is 10.7. The molecule has 0 aliphatic carbocycles. The van der Waals surface area contributed by atoms with Crippen LogP contribution in [-0.2, 0) is 4.79 Å². The number of rotatable bonds is 6. The molecule has 0 radical (unpaired) electrons. The first-order valence-electron chi connectivity index (χ1n) is 4.91. The number of ketones is 1. The Morgan fingerprint density at radius 3 is 2.00 bits per heavy atom. The van der Waals surface area contributed by atoms with Gasteiger partial charge in [0.1, 0.15) is 5.78 Å². The monoisotopic (exact) mass is 204 g/mol. The molecule has 0 aromatic rings. The van der Waals surface area contributed by atoms with E-state index in [0.717, 1.165) is 13.1 Å². The first kappa shape index (κ1) is 16.0. The number of nitrogens with two attached hydrogens (primary N) is 3. The molecule has 0 fully saturated rings. The molecule has 0 aliphatic heterocycles. The zero-order valence-corrected chi connectivity index (χ0v) is 9.25. The molecule has 0 aliphatic rings. The number of nitrogens with one attached hydrogen (secondary N) is 1. The summed E-state index contributed by atoms with van der Waals surface area (Å²) < 4.78 is 0. The average molecular weight is 204 g/mol. The molecule has 14 heavy (non-hydrogen) atoms. The van der Waals surface area contributed by atoms with Crippen LogP contribution in [-0.4, -0.2) is 38.5 Å². The molecule has 1 unspecified atom stereocenters. The van der Waals surface area contributed by atoms with Gasteiger partial charge in [0.15, 0.2) is 0 Å². The van der Waals surface area contributed by atoms with Crippen LogP contribution in [0, 0.1) is 5.92 Å². The SMILES string of the molecule is CC(=O)C(C)CNCCN.NCCN. The minimum atomic E-state index is 0.117. The van der Waals surface area contributed by atoms with Gasteiger partial charge in [0.25, 0.3) is 0 Å². The fraction of sp³-hybridized carbons (Fsp3) is 0.889. The lowest BCUT2D eigenvalue weighted by Crippen LogP contribution is -2.29. The Balaban J connectivity index is 0. The highest BCUT2D eigenvalue weighted by atomic mass is 16.1. The van der Waals surface area contributed by atoms with Crippen LogP contribution in [0.4, 0.5) is 0 Å². The number of carbonyl (C=O) groups is 1. The fourth-order valence-corrected chi connectivity index (χ4v) is 0.564. The van der Waals surface area contributed by atoms with Gasteiger partial charge in [-0.25, -0.2) is 0 Å². The molecular formula is C9H24N4O. The van der Waals surface area contributed by atoms with Crippen molar-refractivity contribution in [3.8, 4) is 0 Å². The van der Waals surface area contributed by atoms with E-state index in [4.69, 9.17) is 17.2 Å². The first-order chi connectivity index (χ1) is 6.59. The number of hydrogen-bond acceptors (Lipinski definition) is 5. The predicted octanol–water partition coefficient (Wildman–Crippen LogP) is -1.34. The summed E-state index contributed by atoms with van der Waals surface area (Å²) >= 11 is 0. The second kappa shape index (κ2) is 12.5. The van der Waals surface area contributed by atoms with Crippen LogP contribution in [0.5, 0.6) is 0 Å². The van der Waals surface area contributed by atoms with Crippen molar-refractivity contribution in [2.75, 3.05) is 32.7 Å². The Morgan fingerprint density at radius 1 is 1.21 bits per heavy atom. The Bertz CT molecular complexity index is 128. The fourth-order valence-electron chi connectivity index (χ4n) is 0.564. The topological polar surface area (TPSA) is 107 Å². The van der Waals surface area contributed by atoms with Crippen molar-refractivity contribution in [2.24, 2.45) is 23.1 Å². The minimum absolute atomic E-state index is 0.117. The summed E-state index contributed by atoms with van der Waals surface area (Å²) in [7, 11) is 0. The zero-order chi connectivity index (χ0) is 11.4. The zero-order valence-electron chi connectivity index (χ0n) is 9.25. The maximum absolute atomic E-state index is 10.7. The van der Waals surface area contributed by atoms with Gasteiger partial charge in [0.05, 0.1) is 0 Å². The van der Waals surface area contributed by atoms with Crippen molar-refractivity contribution in [3.05, 3.63) is 0 Å². The maximum Gasteiger partial charge on any atom is 0.133 e. The largest absolute Gasteiger partial charge is 0.329 e. The van der Waals surface area contributed by atoms with E-state index in [0.29, 0.717) is 19.6 Å². The van der Waals surface area contributed by atoms with E-state index in [2.05, 4.69) is 5.32 Å². The van der Waals surface area contributed by atoms with Crippen molar-refractivity contribution in [3.63, 3.8) is 0 Å². The first-order valence-corrected chi connectivity index (χ1v) is 4.91. The molecular weight excluding hydrogens is 180 g/mol. The molecule has 0 amide bonds.